The van der Waals surface area contributed by atoms with Crippen molar-refractivity contribution < 1.29 is 19.1 Å². The number of carbonyl (C=O) groups excluding carboxylic acids is 1. The van der Waals surface area contributed by atoms with Gasteiger partial charge in [-0.2, -0.15) is 0 Å². The van der Waals surface area contributed by atoms with Gasteiger partial charge in [0.15, 0.2) is 6.61 Å². The van der Waals surface area contributed by atoms with E-state index < -0.39 is 0 Å². The van der Waals surface area contributed by atoms with Crippen LogP contribution in [0, 0.1) is 5.92 Å². The monoisotopic (exact) mass is 351 g/mol. The molecule has 1 aromatic carbocycles. The van der Waals surface area contributed by atoms with E-state index >= 15 is 0 Å². The van der Waals surface area contributed by atoms with Crippen molar-refractivity contribution >= 4 is 11.7 Å². The van der Waals surface area contributed by atoms with E-state index in [4.69, 9.17) is 20.0 Å². The number of hydrogen-bond donors (Lipinski definition) is 2. The molecule has 1 atom stereocenters. The summed E-state index contributed by atoms with van der Waals surface area (Å²) in [6.07, 6.45) is 1.58. The molecule has 0 saturated heterocycles. The molecule has 0 saturated carbocycles. The number of ether oxygens (including phenoxy) is 2. The van der Waals surface area contributed by atoms with Crippen LogP contribution in [0.25, 0.3) is 0 Å². The number of methoxy groups -OCH3 is 2. The summed E-state index contributed by atoms with van der Waals surface area (Å²) in [4.78, 5) is 17.0. The maximum Gasteiger partial charge on any atom is 0.261 e. The molecule has 140 valence electrons. The number of amidine groups is 1. The average molecular weight is 351 g/mol. The van der Waals surface area contributed by atoms with Crippen LogP contribution in [0.4, 0.5) is 0 Å². The van der Waals surface area contributed by atoms with Crippen LogP contribution in [0.1, 0.15) is 45.2 Å². The van der Waals surface area contributed by atoms with E-state index in [0.29, 0.717) is 29.7 Å². The molecule has 0 aliphatic carbocycles. The summed E-state index contributed by atoms with van der Waals surface area (Å²) < 4.78 is 10.5. The van der Waals surface area contributed by atoms with Gasteiger partial charge in [-0.15, -0.1) is 0 Å². The van der Waals surface area contributed by atoms with Gasteiger partial charge < -0.3 is 25.4 Å². The molecule has 0 aliphatic rings. The van der Waals surface area contributed by atoms with Crippen molar-refractivity contribution in [2.24, 2.45) is 16.8 Å². The van der Waals surface area contributed by atoms with Crippen molar-refractivity contribution in [1.29, 1.82) is 0 Å². The van der Waals surface area contributed by atoms with Crippen LogP contribution in [0.3, 0.4) is 0 Å². The number of hydrogen-bond acceptors (Lipinski definition) is 5. The van der Waals surface area contributed by atoms with Crippen LogP contribution in [-0.4, -0.2) is 32.6 Å². The van der Waals surface area contributed by atoms with Gasteiger partial charge in [0.05, 0.1) is 20.3 Å². The lowest BCUT2D eigenvalue weighted by Gasteiger charge is -2.18. The molecule has 1 rings (SSSR count). The molecule has 1 unspecified atom stereocenters. The lowest BCUT2D eigenvalue weighted by Crippen LogP contribution is -2.30. The Kier molecular flexibility index (Phi) is 8.60. The largest absolute Gasteiger partial charge is 0.497 e. The Morgan fingerprint density at radius 3 is 2.56 bits per heavy atom. The highest BCUT2D eigenvalue weighted by Crippen LogP contribution is 2.29. The molecule has 0 spiro atoms. The average Bonchev–Trinajstić information content (AvgIpc) is 2.59. The summed E-state index contributed by atoms with van der Waals surface area (Å²) in [5, 5.41) is 6.60. The van der Waals surface area contributed by atoms with Gasteiger partial charge in [-0.25, -0.2) is 0 Å². The Labute approximate surface area is 149 Å². The van der Waals surface area contributed by atoms with Crippen LogP contribution in [0.15, 0.2) is 23.4 Å². The summed E-state index contributed by atoms with van der Waals surface area (Å²) in [5.74, 6) is 2.00. The fourth-order valence-corrected chi connectivity index (χ4v) is 2.19. The number of oxime groups is 1. The molecular formula is C18H29N3O4. The Morgan fingerprint density at radius 2 is 1.96 bits per heavy atom. The highest BCUT2D eigenvalue weighted by atomic mass is 16.6. The number of nitrogens with zero attached hydrogens (tertiary/aromatic N) is 1. The van der Waals surface area contributed by atoms with E-state index in [1.165, 1.54) is 0 Å². The Hall–Kier alpha value is -2.44. The van der Waals surface area contributed by atoms with Gasteiger partial charge in [-0.05, 0) is 37.5 Å². The van der Waals surface area contributed by atoms with Crippen LogP contribution in [-0.2, 0) is 9.63 Å². The van der Waals surface area contributed by atoms with E-state index in [2.05, 4.69) is 24.3 Å². The fourth-order valence-electron chi connectivity index (χ4n) is 2.19. The minimum atomic E-state index is -0.294. The van der Waals surface area contributed by atoms with E-state index in [0.717, 1.165) is 12.0 Å². The van der Waals surface area contributed by atoms with Gasteiger partial charge in [0.1, 0.15) is 17.3 Å². The molecule has 0 aromatic heterocycles. The number of benzene rings is 1. The Bertz CT molecular complexity index is 588. The molecule has 0 heterocycles. The first-order valence-corrected chi connectivity index (χ1v) is 8.33. The summed E-state index contributed by atoms with van der Waals surface area (Å²) in [7, 11) is 3.17. The summed E-state index contributed by atoms with van der Waals surface area (Å²) in [6, 6.07) is 5.15. The smallest absolute Gasteiger partial charge is 0.261 e. The first-order valence-electron chi connectivity index (χ1n) is 8.33. The zero-order valence-corrected chi connectivity index (χ0v) is 15.7. The van der Waals surface area contributed by atoms with E-state index in [9.17, 15) is 4.79 Å². The van der Waals surface area contributed by atoms with Gasteiger partial charge in [-0.1, -0.05) is 19.0 Å². The fraction of sp³-hybridized carbons (Fsp3) is 0.556. The van der Waals surface area contributed by atoms with Crippen LogP contribution in [0.5, 0.6) is 11.5 Å². The number of nitrogens with one attached hydrogen (secondary N) is 1. The summed E-state index contributed by atoms with van der Waals surface area (Å²) in [6.45, 7) is 5.88. The topological polar surface area (TPSA) is 95.2 Å². The predicted octanol–water partition coefficient (Wildman–Crippen LogP) is 2.61. The minimum absolute atomic E-state index is 0.195. The maximum atomic E-state index is 12.0. The van der Waals surface area contributed by atoms with Gasteiger partial charge in [0, 0.05) is 12.0 Å². The van der Waals surface area contributed by atoms with Gasteiger partial charge in [0.2, 0.25) is 0 Å². The Morgan fingerprint density at radius 1 is 1.24 bits per heavy atom. The standard InChI is InChI=1S/C18H29N3O4/c1-12(2)6-9-17(19)21-25-11-18(22)20-13(3)15-10-14(23-4)7-8-16(15)24-5/h7-8,10,12-13H,6,9,11H2,1-5H3,(H2,19,21)(H,20,22). The third kappa shape index (κ3) is 7.32. The number of carbonyl (C=O) groups is 1. The van der Waals surface area contributed by atoms with Gasteiger partial charge in [-0.3, -0.25) is 4.79 Å². The molecule has 3 N–H and O–H groups in total. The summed E-state index contributed by atoms with van der Waals surface area (Å²) >= 11 is 0. The van der Waals surface area contributed by atoms with Crippen molar-refractivity contribution in [2.75, 3.05) is 20.8 Å². The quantitative estimate of drug-likeness (QED) is 0.384. The second-order valence-electron chi connectivity index (χ2n) is 6.19. The molecule has 0 fully saturated rings. The number of amides is 1. The molecule has 0 radical (unpaired) electrons. The SMILES string of the molecule is COc1ccc(OC)c(C(C)NC(=O)CO/N=C(\N)CCC(C)C)c1. The lowest BCUT2D eigenvalue weighted by molar-refractivity contribution is -0.126. The molecular weight excluding hydrogens is 322 g/mol. The first-order chi connectivity index (χ1) is 11.9. The molecule has 7 nitrogen and oxygen atoms in total. The maximum absolute atomic E-state index is 12.0. The molecule has 25 heavy (non-hydrogen) atoms. The molecule has 0 aliphatic heterocycles. The second-order valence-corrected chi connectivity index (χ2v) is 6.19. The zero-order valence-electron chi connectivity index (χ0n) is 15.7. The normalized spacial score (nSPS) is 12.6. The van der Waals surface area contributed by atoms with Crippen molar-refractivity contribution in [3.05, 3.63) is 23.8 Å². The summed E-state index contributed by atoms with van der Waals surface area (Å²) in [5.41, 5.74) is 6.55. The van der Waals surface area contributed by atoms with Gasteiger partial charge in [0.25, 0.3) is 5.91 Å². The Balaban J connectivity index is 2.55. The molecule has 7 heteroatoms. The second kappa shape index (κ2) is 10.4. The van der Waals surface area contributed by atoms with E-state index in [1.54, 1.807) is 26.4 Å². The highest BCUT2D eigenvalue weighted by molar-refractivity contribution is 5.80. The van der Waals surface area contributed by atoms with Gasteiger partial charge >= 0.3 is 0 Å². The van der Waals surface area contributed by atoms with Crippen molar-refractivity contribution in [3.63, 3.8) is 0 Å². The van der Waals surface area contributed by atoms with Crippen LogP contribution in [0.2, 0.25) is 0 Å². The minimum Gasteiger partial charge on any atom is -0.497 e. The third-order valence-corrected chi connectivity index (χ3v) is 3.64. The van der Waals surface area contributed by atoms with Crippen molar-refractivity contribution in [1.82, 2.24) is 5.32 Å². The van der Waals surface area contributed by atoms with Crippen LogP contribution < -0.4 is 20.5 Å². The predicted molar refractivity (Wildman–Crippen MR) is 97.8 cm³/mol. The zero-order chi connectivity index (χ0) is 18.8. The van der Waals surface area contributed by atoms with E-state index in [-0.39, 0.29) is 18.6 Å². The van der Waals surface area contributed by atoms with Crippen molar-refractivity contribution in [2.45, 2.75) is 39.7 Å². The highest BCUT2D eigenvalue weighted by Gasteiger charge is 2.15. The van der Waals surface area contributed by atoms with Crippen molar-refractivity contribution in [3.8, 4) is 11.5 Å². The molecule has 1 aromatic rings. The third-order valence-electron chi connectivity index (χ3n) is 3.64. The van der Waals surface area contributed by atoms with Crippen LogP contribution >= 0.6 is 0 Å². The first kappa shape index (κ1) is 20.6. The lowest BCUT2D eigenvalue weighted by atomic mass is 10.1. The molecule has 0 bridgehead atoms. The molecule has 1 amide bonds. The van der Waals surface area contributed by atoms with E-state index in [1.807, 2.05) is 13.0 Å². The number of rotatable bonds is 10. The number of nitrogens with two attached hydrogens (primary N) is 1.